The van der Waals surface area contributed by atoms with Gasteiger partial charge in [0.05, 0.1) is 18.9 Å². The lowest BCUT2D eigenvalue weighted by molar-refractivity contribution is -0.726. The Bertz CT molecular complexity index is 1190. The van der Waals surface area contributed by atoms with Crippen molar-refractivity contribution >= 4 is 35.6 Å². The van der Waals surface area contributed by atoms with Crippen LogP contribution in [0.25, 0.3) is 0 Å². The van der Waals surface area contributed by atoms with Crippen molar-refractivity contribution in [2.24, 2.45) is 10.3 Å². The molecule has 0 spiro atoms. The van der Waals surface area contributed by atoms with E-state index in [9.17, 15) is 0 Å². The third-order valence-corrected chi connectivity index (χ3v) is 6.01. The molecule has 4 rings (SSSR count). The molecule has 0 saturated heterocycles. The summed E-state index contributed by atoms with van der Waals surface area (Å²) in [5.41, 5.74) is 4.01. The Hall–Kier alpha value is -3.74. The Morgan fingerprint density at radius 1 is 0.568 bits per heavy atom. The van der Waals surface area contributed by atoms with Crippen molar-refractivity contribution in [3.63, 3.8) is 0 Å². The minimum atomic E-state index is 0.407. The molecule has 0 aliphatic rings. The summed E-state index contributed by atoms with van der Waals surface area (Å²) in [5, 5.41) is 9.51. The van der Waals surface area contributed by atoms with Gasteiger partial charge < -0.3 is 9.68 Å². The molecule has 0 fully saturated rings. The summed E-state index contributed by atoms with van der Waals surface area (Å²) in [5.74, 6) is 0. The first-order chi connectivity index (χ1) is 18.1. The van der Waals surface area contributed by atoms with Crippen molar-refractivity contribution in [3.05, 3.63) is 130 Å². The summed E-state index contributed by atoms with van der Waals surface area (Å²) >= 11 is 11.8. The summed E-state index contributed by atoms with van der Waals surface area (Å²) in [7, 11) is 0. The van der Waals surface area contributed by atoms with E-state index in [1.807, 2.05) is 72.8 Å². The largest absolute Gasteiger partial charge is 0.391 e. The molecule has 2 aromatic carbocycles. The summed E-state index contributed by atoms with van der Waals surface area (Å²) in [6.07, 6.45) is 12.6. The van der Waals surface area contributed by atoms with Crippen molar-refractivity contribution in [2.45, 2.75) is 32.7 Å². The van der Waals surface area contributed by atoms with Gasteiger partial charge in [0.2, 0.25) is 0 Å². The highest BCUT2D eigenvalue weighted by Crippen LogP contribution is 2.11. The molecular weight excluding hydrogens is 507 g/mol. The van der Waals surface area contributed by atoms with Crippen molar-refractivity contribution in [1.82, 2.24) is 0 Å². The molecule has 188 valence electrons. The maximum absolute atomic E-state index is 5.89. The molecule has 0 aliphatic carbocycles. The Labute approximate surface area is 227 Å². The van der Waals surface area contributed by atoms with E-state index in [4.69, 9.17) is 32.9 Å². The number of oxime groups is 2. The van der Waals surface area contributed by atoms with E-state index in [-0.39, 0.29) is 0 Å². The van der Waals surface area contributed by atoms with E-state index in [2.05, 4.69) is 44.2 Å². The Morgan fingerprint density at radius 3 is 1.32 bits per heavy atom. The van der Waals surface area contributed by atoms with Gasteiger partial charge in [-0.05, 0) is 35.4 Å². The fourth-order valence-corrected chi connectivity index (χ4v) is 3.68. The van der Waals surface area contributed by atoms with Crippen LogP contribution in [-0.2, 0) is 36.0 Å². The number of pyridine rings is 2. The van der Waals surface area contributed by atoms with Crippen LogP contribution in [0.2, 0.25) is 10.0 Å². The van der Waals surface area contributed by atoms with Crippen LogP contribution in [0.3, 0.4) is 0 Å². The topological polar surface area (TPSA) is 50.9 Å². The van der Waals surface area contributed by atoms with Crippen LogP contribution in [0.15, 0.2) is 108 Å². The first-order valence-electron chi connectivity index (χ1n) is 11.9. The maximum Gasteiger partial charge on any atom is 0.169 e. The van der Waals surface area contributed by atoms with Gasteiger partial charge in [-0.2, -0.15) is 0 Å². The van der Waals surface area contributed by atoms with E-state index in [1.165, 1.54) is 0 Å². The maximum atomic E-state index is 5.89. The van der Waals surface area contributed by atoms with Crippen molar-refractivity contribution in [2.75, 3.05) is 0 Å². The second-order valence-corrected chi connectivity index (χ2v) is 9.23. The average Bonchev–Trinajstić information content (AvgIpc) is 2.93. The molecule has 0 radical (unpaired) electrons. The lowest BCUT2D eigenvalue weighted by Gasteiger charge is -2.00. The van der Waals surface area contributed by atoms with E-state index in [0.717, 1.165) is 41.8 Å². The molecule has 0 atom stereocenters. The highest BCUT2D eigenvalue weighted by molar-refractivity contribution is 6.30. The monoisotopic (exact) mass is 534 g/mol. The third kappa shape index (κ3) is 9.33. The summed E-state index contributed by atoms with van der Waals surface area (Å²) in [4.78, 5) is 10.7. The molecule has 0 aliphatic heterocycles. The molecule has 4 aromatic rings. The zero-order valence-corrected chi connectivity index (χ0v) is 21.8. The van der Waals surface area contributed by atoms with Crippen LogP contribution in [0.1, 0.15) is 28.7 Å². The number of halogens is 2. The van der Waals surface area contributed by atoms with Crippen molar-refractivity contribution in [3.8, 4) is 0 Å². The van der Waals surface area contributed by atoms with Gasteiger partial charge >= 0.3 is 0 Å². The van der Waals surface area contributed by atoms with Gasteiger partial charge in [-0.3, -0.25) is 0 Å². The zero-order valence-electron chi connectivity index (χ0n) is 20.3. The lowest BCUT2D eigenvalue weighted by atomic mass is 10.2. The molecule has 0 saturated carbocycles. The van der Waals surface area contributed by atoms with Crippen molar-refractivity contribution in [1.29, 1.82) is 0 Å². The van der Waals surface area contributed by atoms with E-state index in [1.54, 1.807) is 12.4 Å². The average molecular weight is 535 g/mol. The molecule has 6 nitrogen and oxygen atoms in total. The van der Waals surface area contributed by atoms with E-state index < -0.39 is 0 Å². The summed E-state index contributed by atoms with van der Waals surface area (Å²) in [6, 6.07) is 23.1. The lowest BCUT2D eigenvalue weighted by Crippen LogP contribution is -2.38. The highest BCUT2D eigenvalue weighted by Gasteiger charge is 2.05. The smallest absolute Gasteiger partial charge is 0.169 e. The van der Waals surface area contributed by atoms with Crippen LogP contribution in [0.4, 0.5) is 0 Å². The Balaban J connectivity index is 1.14. The van der Waals surface area contributed by atoms with Gasteiger partial charge in [0.15, 0.2) is 37.9 Å². The predicted octanol–water partition coefficient (Wildman–Crippen LogP) is 5.76. The van der Waals surface area contributed by atoms with Gasteiger partial charge in [0.1, 0.15) is 13.2 Å². The fourth-order valence-electron chi connectivity index (χ4n) is 3.42. The van der Waals surface area contributed by atoms with Crippen LogP contribution in [0.5, 0.6) is 0 Å². The molecule has 0 N–H and O–H groups in total. The molecule has 0 unspecified atom stereocenters. The number of aromatic nitrogens is 2. The number of benzene rings is 2. The summed E-state index contributed by atoms with van der Waals surface area (Å²) < 4.78 is 4.32. The minimum Gasteiger partial charge on any atom is -0.391 e. The molecule has 8 heteroatoms. The zero-order chi connectivity index (χ0) is 25.7. The second-order valence-electron chi connectivity index (χ2n) is 8.36. The second kappa shape index (κ2) is 14.1. The molecule has 2 heterocycles. The normalized spacial score (nSPS) is 11.3. The number of hydrogen-bond donors (Lipinski definition) is 0. The quantitative estimate of drug-likeness (QED) is 0.132. The van der Waals surface area contributed by atoms with Crippen LogP contribution >= 0.6 is 23.2 Å². The SMILES string of the molecule is Clc1ccc(CO/N=C/c2cc[n+](CCC[n+]3ccc(/C=N/OCc4ccc(Cl)cc4)cc3)cc2)cc1. The third-order valence-electron chi connectivity index (χ3n) is 5.51. The van der Waals surface area contributed by atoms with Gasteiger partial charge in [0.25, 0.3) is 0 Å². The van der Waals surface area contributed by atoms with E-state index in [0.29, 0.717) is 23.3 Å². The Morgan fingerprint density at radius 2 is 0.946 bits per heavy atom. The Kier molecular flexibility index (Phi) is 10.0. The number of rotatable bonds is 12. The van der Waals surface area contributed by atoms with Crippen LogP contribution in [0, 0.1) is 0 Å². The van der Waals surface area contributed by atoms with Gasteiger partial charge in [-0.15, -0.1) is 0 Å². The first kappa shape index (κ1) is 26.3. The molecule has 37 heavy (non-hydrogen) atoms. The van der Waals surface area contributed by atoms with Crippen molar-refractivity contribution < 1.29 is 18.8 Å². The number of hydrogen-bond acceptors (Lipinski definition) is 4. The molecular formula is C29H28Cl2N4O2+2. The summed E-state index contributed by atoms with van der Waals surface area (Å²) in [6.45, 7) is 2.65. The van der Waals surface area contributed by atoms with Gasteiger partial charge in [0, 0.05) is 45.4 Å². The molecule has 2 aromatic heterocycles. The van der Waals surface area contributed by atoms with Gasteiger partial charge in [-0.1, -0.05) is 57.8 Å². The van der Waals surface area contributed by atoms with Crippen LogP contribution < -0.4 is 9.13 Å². The van der Waals surface area contributed by atoms with E-state index >= 15 is 0 Å². The minimum absolute atomic E-state index is 0.407. The molecule has 0 bridgehead atoms. The highest BCUT2D eigenvalue weighted by atomic mass is 35.5. The number of aryl methyl sites for hydroxylation is 2. The van der Waals surface area contributed by atoms with Crippen LogP contribution in [-0.4, -0.2) is 12.4 Å². The molecule has 0 amide bonds. The first-order valence-corrected chi connectivity index (χ1v) is 12.7. The predicted molar refractivity (Wildman–Crippen MR) is 146 cm³/mol. The van der Waals surface area contributed by atoms with Gasteiger partial charge in [-0.25, -0.2) is 9.13 Å². The fraction of sp³-hybridized carbons (Fsp3) is 0.172. The number of nitrogens with zero attached hydrogens (tertiary/aromatic N) is 4. The standard InChI is InChI=1S/C29H28Cl2N4O2/c30-28-6-2-26(3-7-28)22-36-32-20-24-10-16-34(17-11-24)14-1-15-35-18-12-25(13-19-35)21-33-37-23-27-4-8-29(31)9-5-27/h2-13,16-21H,1,14-15,22-23H2/q+2/b32-20+,33-21+.